The van der Waals surface area contributed by atoms with E-state index in [-0.39, 0.29) is 5.75 Å². The molecule has 2 aromatic rings. The fourth-order valence-corrected chi connectivity index (χ4v) is 3.19. The van der Waals surface area contributed by atoms with Gasteiger partial charge < -0.3 is 20.1 Å². The summed E-state index contributed by atoms with van der Waals surface area (Å²) in [6.07, 6.45) is 0. The van der Waals surface area contributed by atoms with Crippen LogP contribution in [0.3, 0.4) is 0 Å². The molecule has 1 saturated heterocycles. The van der Waals surface area contributed by atoms with Crippen LogP contribution in [0, 0.1) is 0 Å². The number of benzene rings is 2. The number of ether oxygens (including phenoxy) is 2. The number of para-hydroxylation sites is 2. The number of nitrogens with zero attached hydrogens (tertiary/aromatic N) is 1. The Morgan fingerprint density at radius 1 is 1.16 bits per heavy atom. The first-order chi connectivity index (χ1) is 14.7. The Kier molecular flexibility index (Phi) is 6.38. The Hall–Kier alpha value is -3.69. The van der Waals surface area contributed by atoms with Gasteiger partial charge in [0, 0.05) is 0 Å². The number of nitrogens with one attached hydrogen (secondary N) is 2. The molecule has 31 heavy (non-hydrogen) atoms. The van der Waals surface area contributed by atoms with Gasteiger partial charge in [0.05, 0.1) is 12.3 Å². The normalized spacial score (nSPS) is 18.2. The van der Waals surface area contributed by atoms with Gasteiger partial charge in [0.15, 0.2) is 0 Å². The molecule has 0 bridgehead atoms. The number of hydrogen-bond acceptors (Lipinski definition) is 5. The van der Waals surface area contributed by atoms with Gasteiger partial charge in [-0.25, -0.2) is 4.79 Å². The van der Waals surface area contributed by atoms with Crippen LogP contribution in [0.2, 0.25) is 0 Å². The van der Waals surface area contributed by atoms with Gasteiger partial charge >= 0.3 is 12.6 Å². The average molecular weight is 433 g/mol. The van der Waals surface area contributed by atoms with Crippen LogP contribution in [0.5, 0.6) is 11.5 Å². The molecule has 0 aromatic heterocycles. The highest BCUT2D eigenvalue weighted by molar-refractivity contribution is 6.10. The van der Waals surface area contributed by atoms with Gasteiger partial charge in [-0.05, 0) is 43.7 Å². The minimum atomic E-state index is -2.98. The predicted molar refractivity (Wildman–Crippen MR) is 107 cm³/mol. The van der Waals surface area contributed by atoms with Crippen molar-refractivity contribution in [2.24, 2.45) is 0 Å². The van der Waals surface area contributed by atoms with Gasteiger partial charge in [-0.2, -0.15) is 8.78 Å². The molecule has 4 amide bonds. The van der Waals surface area contributed by atoms with Crippen LogP contribution >= 0.6 is 0 Å². The van der Waals surface area contributed by atoms with E-state index >= 15 is 0 Å². The molecular formula is C21H21F2N3O5. The summed E-state index contributed by atoms with van der Waals surface area (Å²) in [5.41, 5.74) is -0.680. The van der Waals surface area contributed by atoms with E-state index in [9.17, 15) is 23.2 Å². The van der Waals surface area contributed by atoms with Crippen LogP contribution in [0.15, 0.2) is 48.5 Å². The SMILES string of the molecule is CCOc1ccccc1NC(=O)CN1C(=O)N[C@@](C)(c2ccc(OC(F)F)cc2)C1=O. The van der Waals surface area contributed by atoms with E-state index in [2.05, 4.69) is 15.4 Å². The maximum absolute atomic E-state index is 12.9. The molecule has 1 aliphatic rings. The van der Waals surface area contributed by atoms with Crippen molar-refractivity contribution in [2.45, 2.75) is 26.0 Å². The fraction of sp³-hybridized carbons (Fsp3) is 0.286. The van der Waals surface area contributed by atoms with Crippen LogP contribution in [0.4, 0.5) is 19.3 Å². The summed E-state index contributed by atoms with van der Waals surface area (Å²) in [5.74, 6) is -0.844. The summed E-state index contributed by atoms with van der Waals surface area (Å²) in [6, 6.07) is 11.4. The lowest BCUT2D eigenvalue weighted by Gasteiger charge is -2.22. The smallest absolute Gasteiger partial charge is 0.387 e. The first-order valence-electron chi connectivity index (χ1n) is 9.45. The van der Waals surface area contributed by atoms with Crippen molar-refractivity contribution < 1.29 is 32.6 Å². The number of urea groups is 1. The molecule has 10 heteroatoms. The largest absolute Gasteiger partial charge is 0.492 e. The van der Waals surface area contributed by atoms with Crippen molar-refractivity contribution in [1.29, 1.82) is 0 Å². The molecule has 2 N–H and O–H groups in total. The molecular weight excluding hydrogens is 412 g/mol. The summed E-state index contributed by atoms with van der Waals surface area (Å²) < 4.78 is 34.4. The van der Waals surface area contributed by atoms with E-state index in [1.165, 1.54) is 31.2 Å². The second-order valence-corrected chi connectivity index (χ2v) is 6.83. The lowest BCUT2D eigenvalue weighted by molar-refractivity contribution is -0.133. The van der Waals surface area contributed by atoms with Crippen molar-refractivity contribution in [3.8, 4) is 11.5 Å². The summed E-state index contributed by atoms with van der Waals surface area (Å²) in [7, 11) is 0. The standard InChI is InChI=1S/C21H21F2N3O5/c1-3-30-16-7-5-4-6-15(16)24-17(27)12-26-18(28)21(2,25-20(26)29)13-8-10-14(11-9-13)31-19(22)23/h4-11,19H,3,12H2,1-2H3,(H,24,27)(H,25,29)/t21-/m0/s1. The van der Waals surface area contributed by atoms with Crippen molar-refractivity contribution in [3.05, 3.63) is 54.1 Å². The second-order valence-electron chi connectivity index (χ2n) is 6.83. The Bertz CT molecular complexity index is 983. The van der Waals surface area contributed by atoms with E-state index in [1.54, 1.807) is 31.2 Å². The molecule has 1 aliphatic heterocycles. The van der Waals surface area contributed by atoms with Crippen LogP contribution in [-0.4, -0.2) is 42.5 Å². The topological polar surface area (TPSA) is 97.0 Å². The maximum atomic E-state index is 12.9. The molecule has 0 unspecified atom stereocenters. The van der Waals surface area contributed by atoms with Crippen molar-refractivity contribution in [1.82, 2.24) is 10.2 Å². The first kappa shape index (κ1) is 22.0. The first-order valence-corrected chi connectivity index (χ1v) is 9.45. The third-order valence-electron chi connectivity index (χ3n) is 4.69. The monoisotopic (exact) mass is 433 g/mol. The summed E-state index contributed by atoms with van der Waals surface area (Å²) >= 11 is 0. The third-order valence-corrected chi connectivity index (χ3v) is 4.69. The van der Waals surface area contributed by atoms with Gasteiger partial charge in [0.25, 0.3) is 5.91 Å². The number of alkyl halides is 2. The number of carbonyl (C=O) groups excluding carboxylic acids is 3. The van der Waals surface area contributed by atoms with E-state index in [4.69, 9.17) is 4.74 Å². The number of halogens is 2. The fourth-order valence-electron chi connectivity index (χ4n) is 3.19. The van der Waals surface area contributed by atoms with Crippen LogP contribution in [0.25, 0.3) is 0 Å². The molecule has 3 rings (SSSR count). The summed E-state index contributed by atoms with van der Waals surface area (Å²) in [6.45, 7) is 0.195. The van der Waals surface area contributed by atoms with Gasteiger partial charge in [0.2, 0.25) is 5.91 Å². The highest BCUT2D eigenvalue weighted by atomic mass is 19.3. The zero-order valence-electron chi connectivity index (χ0n) is 16.9. The van der Waals surface area contributed by atoms with Crippen molar-refractivity contribution in [3.63, 3.8) is 0 Å². The number of amides is 4. The second kappa shape index (κ2) is 8.99. The number of hydrogen-bond donors (Lipinski definition) is 2. The van der Waals surface area contributed by atoms with E-state index in [0.29, 0.717) is 23.6 Å². The Morgan fingerprint density at radius 3 is 2.48 bits per heavy atom. The molecule has 2 aromatic carbocycles. The number of rotatable bonds is 8. The molecule has 1 atom stereocenters. The molecule has 1 heterocycles. The predicted octanol–water partition coefficient (Wildman–Crippen LogP) is 3.09. The van der Waals surface area contributed by atoms with Gasteiger partial charge in [-0.15, -0.1) is 0 Å². The molecule has 0 radical (unpaired) electrons. The van der Waals surface area contributed by atoms with Gasteiger partial charge in [-0.3, -0.25) is 14.5 Å². The lowest BCUT2D eigenvalue weighted by atomic mass is 9.92. The quantitative estimate of drug-likeness (QED) is 0.624. The van der Waals surface area contributed by atoms with Crippen LogP contribution < -0.4 is 20.1 Å². The minimum Gasteiger partial charge on any atom is -0.492 e. The third kappa shape index (κ3) is 4.73. The lowest BCUT2D eigenvalue weighted by Crippen LogP contribution is -2.42. The number of carbonyl (C=O) groups is 3. The molecule has 164 valence electrons. The minimum absolute atomic E-state index is 0.0803. The van der Waals surface area contributed by atoms with Gasteiger partial charge in [-0.1, -0.05) is 24.3 Å². The van der Waals surface area contributed by atoms with E-state index < -0.39 is 36.5 Å². The number of anilines is 1. The molecule has 0 spiro atoms. The molecule has 1 fully saturated rings. The zero-order chi connectivity index (χ0) is 22.6. The van der Waals surface area contributed by atoms with E-state index in [0.717, 1.165) is 4.90 Å². The highest BCUT2D eigenvalue weighted by Gasteiger charge is 2.49. The molecule has 0 aliphatic carbocycles. The molecule has 0 saturated carbocycles. The van der Waals surface area contributed by atoms with Crippen LogP contribution in [-0.2, 0) is 15.1 Å². The Balaban J connectivity index is 1.72. The molecule has 8 nitrogen and oxygen atoms in total. The number of imide groups is 1. The average Bonchev–Trinajstić information content (AvgIpc) is 2.93. The van der Waals surface area contributed by atoms with Crippen molar-refractivity contribution >= 4 is 23.5 Å². The van der Waals surface area contributed by atoms with Gasteiger partial charge in [0.1, 0.15) is 23.6 Å². The Labute approximate surface area is 177 Å². The van der Waals surface area contributed by atoms with E-state index in [1.807, 2.05) is 0 Å². The van der Waals surface area contributed by atoms with Crippen molar-refractivity contribution in [2.75, 3.05) is 18.5 Å². The Morgan fingerprint density at radius 2 is 1.84 bits per heavy atom. The summed E-state index contributed by atoms with van der Waals surface area (Å²) in [4.78, 5) is 38.6. The zero-order valence-corrected chi connectivity index (χ0v) is 16.9. The van der Waals surface area contributed by atoms with Crippen LogP contribution in [0.1, 0.15) is 19.4 Å². The summed E-state index contributed by atoms with van der Waals surface area (Å²) in [5, 5.41) is 5.18. The highest BCUT2D eigenvalue weighted by Crippen LogP contribution is 2.30. The maximum Gasteiger partial charge on any atom is 0.387 e.